The van der Waals surface area contributed by atoms with Gasteiger partial charge in [0.15, 0.2) is 0 Å². The van der Waals surface area contributed by atoms with E-state index in [4.69, 9.17) is 0 Å². The number of hydrogen-bond acceptors (Lipinski definition) is 2. The van der Waals surface area contributed by atoms with E-state index in [-0.39, 0.29) is 5.56 Å². The summed E-state index contributed by atoms with van der Waals surface area (Å²) in [6, 6.07) is 1.48. The van der Waals surface area contributed by atoms with Crippen LogP contribution in [0.5, 0.6) is 0 Å². The van der Waals surface area contributed by atoms with Crippen molar-refractivity contribution in [3.05, 3.63) is 26.2 Å². The van der Waals surface area contributed by atoms with Gasteiger partial charge in [0.25, 0.3) is 5.56 Å². The Morgan fingerprint density at radius 1 is 1.67 bits per heavy atom. The van der Waals surface area contributed by atoms with Crippen LogP contribution in [-0.2, 0) is 6.54 Å². The molecule has 0 radical (unpaired) electrons. The molecule has 1 aromatic heterocycles. The van der Waals surface area contributed by atoms with Crippen molar-refractivity contribution in [2.45, 2.75) is 13.0 Å². The average Bonchev–Trinajstić information content (AvgIpc) is 2.03. The summed E-state index contributed by atoms with van der Waals surface area (Å²) in [5.41, 5.74) is -0.171. The lowest BCUT2D eigenvalue weighted by Gasteiger charge is -2.00. The molecule has 0 saturated heterocycles. The fourth-order valence-corrected chi connectivity index (χ4v) is 1.18. The first-order valence-electron chi connectivity index (χ1n) is 3.52. The number of halogens is 2. The third-order valence-corrected chi connectivity index (χ3v) is 1.93. The molecule has 1 aromatic rings. The molecule has 1 heterocycles. The summed E-state index contributed by atoms with van der Waals surface area (Å²) < 4.78 is 13.8. The molecule has 0 N–H and O–H groups in total. The minimum absolute atomic E-state index is 0.171. The van der Waals surface area contributed by atoms with Crippen LogP contribution in [0.2, 0.25) is 0 Å². The lowest BCUT2D eigenvalue weighted by Crippen LogP contribution is -2.22. The lowest BCUT2D eigenvalue weighted by atomic mass is 10.4. The van der Waals surface area contributed by atoms with Crippen LogP contribution in [0.1, 0.15) is 6.42 Å². The zero-order chi connectivity index (χ0) is 8.97. The van der Waals surface area contributed by atoms with E-state index in [1.165, 1.54) is 10.7 Å². The predicted octanol–water partition coefficient (Wildman–Crippen LogP) is 1.21. The summed E-state index contributed by atoms with van der Waals surface area (Å²) in [6.07, 6.45) is 1.92. The molecule has 0 bridgehead atoms. The first-order chi connectivity index (χ1) is 5.74. The molecule has 0 aliphatic rings. The van der Waals surface area contributed by atoms with Crippen molar-refractivity contribution in [3.63, 3.8) is 0 Å². The fraction of sp³-hybridized carbons (Fsp3) is 0.429. The number of aromatic nitrogens is 2. The van der Waals surface area contributed by atoms with Gasteiger partial charge < -0.3 is 0 Å². The minimum Gasteiger partial charge on any atom is -0.268 e. The molecule has 66 valence electrons. The Morgan fingerprint density at radius 3 is 3.00 bits per heavy atom. The van der Waals surface area contributed by atoms with Crippen LogP contribution in [0.25, 0.3) is 0 Å². The standard InChI is InChI=1S/C7H8FIN2O/c8-2-1-3-11-7(12)4-6(9)5-10-11/h4-5H,1-3H2. The molecule has 0 atom stereocenters. The van der Waals surface area contributed by atoms with Crippen molar-refractivity contribution in [1.29, 1.82) is 0 Å². The summed E-state index contributed by atoms with van der Waals surface area (Å²) in [7, 11) is 0. The van der Waals surface area contributed by atoms with Gasteiger partial charge in [0.05, 0.1) is 12.9 Å². The molecule has 3 nitrogen and oxygen atoms in total. The normalized spacial score (nSPS) is 10.2. The third kappa shape index (κ3) is 2.54. The molecule has 0 aliphatic carbocycles. The maximum absolute atomic E-state index is 11.7. The Balaban J connectivity index is 2.80. The largest absolute Gasteiger partial charge is 0.268 e. The van der Waals surface area contributed by atoms with E-state index >= 15 is 0 Å². The van der Waals surface area contributed by atoms with Gasteiger partial charge in [-0.25, -0.2) is 4.68 Å². The van der Waals surface area contributed by atoms with Crippen LogP contribution in [0.15, 0.2) is 17.1 Å². The predicted molar refractivity (Wildman–Crippen MR) is 51.8 cm³/mol. The summed E-state index contributed by atoms with van der Waals surface area (Å²) in [4.78, 5) is 11.1. The molecule has 5 heteroatoms. The molecule has 0 saturated carbocycles. The second-order valence-corrected chi connectivity index (χ2v) is 3.52. The molecule has 0 unspecified atom stereocenters. The first-order valence-corrected chi connectivity index (χ1v) is 4.60. The van der Waals surface area contributed by atoms with Crippen molar-refractivity contribution in [3.8, 4) is 0 Å². The van der Waals surface area contributed by atoms with Gasteiger partial charge >= 0.3 is 0 Å². The molecule has 0 spiro atoms. The van der Waals surface area contributed by atoms with E-state index in [0.29, 0.717) is 13.0 Å². The van der Waals surface area contributed by atoms with E-state index in [0.717, 1.165) is 3.57 Å². The lowest BCUT2D eigenvalue weighted by molar-refractivity contribution is 0.427. The molecular formula is C7H8FIN2O. The Hall–Kier alpha value is -0.460. The highest BCUT2D eigenvalue weighted by atomic mass is 127. The highest BCUT2D eigenvalue weighted by Crippen LogP contribution is 1.96. The zero-order valence-corrected chi connectivity index (χ0v) is 8.49. The number of nitrogens with zero attached hydrogens (tertiary/aromatic N) is 2. The maximum atomic E-state index is 11.7. The summed E-state index contributed by atoms with van der Waals surface area (Å²) in [5.74, 6) is 0. The molecule has 0 fully saturated rings. The van der Waals surface area contributed by atoms with Crippen LogP contribution in [0.4, 0.5) is 4.39 Å². The van der Waals surface area contributed by atoms with E-state index in [1.54, 1.807) is 6.20 Å². The van der Waals surface area contributed by atoms with Gasteiger partial charge in [-0.15, -0.1) is 0 Å². The van der Waals surface area contributed by atoms with Gasteiger partial charge in [0.2, 0.25) is 0 Å². The average molecular weight is 282 g/mol. The highest BCUT2D eigenvalue weighted by molar-refractivity contribution is 14.1. The molecular weight excluding hydrogens is 274 g/mol. The Bertz CT molecular complexity index is 313. The molecule has 12 heavy (non-hydrogen) atoms. The molecule has 0 aliphatic heterocycles. The van der Waals surface area contributed by atoms with Crippen molar-refractivity contribution < 1.29 is 4.39 Å². The summed E-state index contributed by atoms with van der Waals surface area (Å²) in [6.45, 7) is -0.0631. The van der Waals surface area contributed by atoms with Crippen molar-refractivity contribution in [2.75, 3.05) is 6.67 Å². The SMILES string of the molecule is O=c1cc(I)cnn1CCCF. The molecule has 0 aromatic carbocycles. The van der Waals surface area contributed by atoms with E-state index < -0.39 is 6.67 Å². The van der Waals surface area contributed by atoms with Gasteiger partial charge in [-0.3, -0.25) is 9.18 Å². The summed E-state index contributed by atoms with van der Waals surface area (Å²) in [5, 5.41) is 3.85. The zero-order valence-electron chi connectivity index (χ0n) is 6.33. The Labute approximate surface area is 82.7 Å². The maximum Gasteiger partial charge on any atom is 0.267 e. The first kappa shape index (κ1) is 9.63. The van der Waals surface area contributed by atoms with Gasteiger partial charge in [0, 0.05) is 16.2 Å². The second kappa shape index (κ2) is 4.54. The van der Waals surface area contributed by atoms with Crippen molar-refractivity contribution in [1.82, 2.24) is 9.78 Å². The Kier molecular flexibility index (Phi) is 3.64. The van der Waals surface area contributed by atoms with Crippen LogP contribution in [-0.4, -0.2) is 16.5 Å². The number of hydrogen-bond donors (Lipinski definition) is 0. The van der Waals surface area contributed by atoms with E-state index in [2.05, 4.69) is 5.10 Å². The molecule has 0 amide bonds. The number of rotatable bonds is 3. The smallest absolute Gasteiger partial charge is 0.267 e. The van der Waals surface area contributed by atoms with Crippen LogP contribution in [0, 0.1) is 3.57 Å². The minimum atomic E-state index is -0.417. The number of aryl methyl sites for hydroxylation is 1. The fourth-order valence-electron chi connectivity index (χ4n) is 0.789. The van der Waals surface area contributed by atoms with Crippen molar-refractivity contribution in [2.24, 2.45) is 0 Å². The number of alkyl halides is 1. The van der Waals surface area contributed by atoms with Gasteiger partial charge in [-0.05, 0) is 29.0 Å². The monoisotopic (exact) mass is 282 g/mol. The summed E-state index contributed by atoms with van der Waals surface area (Å²) >= 11 is 2.01. The van der Waals surface area contributed by atoms with Gasteiger partial charge in [-0.1, -0.05) is 0 Å². The van der Waals surface area contributed by atoms with E-state index in [1.807, 2.05) is 22.6 Å². The Morgan fingerprint density at radius 2 is 2.42 bits per heavy atom. The molecule has 1 rings (SSSR count). The van der Waals surface area contributed by atoms with E-state index in [9.17, 15) is 9.18 Å². The van der Waals surface area contributed by atoms with Crippen LogP contribution < -0.4 is 5.56 Å². The van der Waals surface area contributed by atoms with Crippen molar-refractivity contribution >= 4 is 22.6 Å². The third-order valence-electron chi connectivity index (χ3n) is 1.34. The second-order valence-electron chi connectivity index (χ2n) is 2.28. The quantitative estimate of drug-likeness (QED) is 0.781. The van der Waals surface area contributed by atoms with Gasteiger partial charge in [0.1, 0.15) is 0 Å². The van der Waals surface area contributed by atoms with Crippen LogP contribution >= 0.6 is 22.6 Å². The van der Waals surface area contributed by atoms with Crippen LogP contribution in [0.3, 0.4) is 0 Å². The topological polar surface area (TPSA) is 34.9 Å². The highest BCUT2D eigenvalue weighted by Gasteiger charge is 1.96. The van der Waals surface area contributed by atoms with Gasteiger partial charge in [-0.2, -0.15) is 5.10 Å².